The van der Waals surface area contributed by atoms with Crippen molar-refractivity contribution in [3.8, 4) is 0 Å². The fourth-order valence-electron chi connectivity index (χ4n) is 2.06. The SMILES string of the molecule is CC(C)c1ccc(C2CSc3nncn3N2)cc1. The van der Waals surface area contributed by atoms with E-state index in [-0.39, 0.29) is 0 Å². The smallest absolute Gasteiger partial charge is 0.209 e. The molecule has 1 atom stereocenters. The van der Waals surface area contributed by atoms with E-state index >= 15 is 0 Å². The summed E-state index contributed by atoms with van der Waals surface area (Å²) in [4.78, 5) is 0. The van der Waals surface area contributed by atoms with Crippen LogP contribution in [0.4, 0.5) is 0 Å². The van der Waals surface area contributed by atoms with Gasteiger partial charge in [0.1, 0.15) is 6.33 Å². The summed E-state index contributed by atoms with van der Waals surface area (Å²) >= 11 is 1.74. The number of hydrogen-bond donors (Lipinski definition) is 1. The first-order valence-electron chi connectivity index (χ1n) is 6.13. The number of aromatic nitrogens is 3. The van der Waals surface area contributed by atoms with E-state index in [0.29, 0.717) is 12.0 Å². The highest BCUT2D eigenvalue weighted by Crippen LogP contribution is 2.29. The number of nitrogens with zero attached hydrogens (tertiary/aromatic N) is 3. The van der Waals surface area contributed by atoms with Crippen LogP contribution in [0.2, 0.25) is 0 Å². The van der Waals surface area contributed by atoms with Crippen LogP contribution in [0.25, 0.3) is 0 Å². The fraction of sp³-hybridized carbons (Fsp3) is 0.385. The van der Waals surface area contributed by atoms with Gasteiger partial charge in [-0.25, -0.2) is 4.68 Å². The van der Waals surface area contributed by atoms with Crippen molar-refractivity contribution in [3.63, 3.8) is 0 Å². The second kappa shape index (κ2) is 4.65. The van der Waals surface area contributed by atoms with Crippen molar-refractivity contribution >= 4 is 11.8 Å². The molecule has 0 saturated carbocycles. The Balaban J connectivity index is 1.80. The maximum absolute atomic E-state index is 4.04. The zero-order valence-electron chi connectivity index (χ0n) is 10.5. The maximum atomic E-state index is 4.04. The lowest BCUT2D eigenvalue weighted by molar-refractivity contribution is 0.658. The van der Waals surface area contributed by atoms with Gasteiger partial charge in [-0.15, -0.1) is 10.2 Å². The molecule has 1 unspecified atom stereocenters. The number of nitrogens with one attached hydrogen (secondary N) is 1. The number of rotatable bonds is 2. The molecule has 1 aromatic carbocycles. The quantitative estimate of drug-likeness (QED) is 0.901. The molecular weight excluding hydrogens is 244 g/mol. The lowest BCUT2D eigenvalue weighted by atomic mass is 10.00. The Labute approximate surface area is 111 Å². The summed E-state index contributed by atoms with van der Waals surface area (Å²) < 4.78 is 1.90. The highest BCUT2D eigenvalue weighted by Gasteiger charge is 2.20. The van der Waals surface area contributed by atoms with Crippen LogP contribution in [0.5, 0.6) is 0 Å². The van der Waals surface area contributed by atoms with Crippen molar-refractivity contribution in [2.75, 3.05) is 11.2 Å². The molecule has 18 heavy (non-hydrogen) atoms. The molecule has 1 aliphatic heterocycles. The number of hydrogen-bond acceptors (Lipinski definition) is 4. The molecule has 0 aliphatic carbocycles. The second-order valence-electron chi connectivity index (χ2n) is 4.80. The van der Waals surface area contributed by atoms with E-state index < -0.39 is 0 Å². The Hall–Kier alpha value is -1.49. The van der Waals surface area contributed by atoms with Crippen molar-refractivity contribution in [1.82, 2.24) is 14.9 Å². The van der Waals surface area contributed by atoms with Gasteiger partial charge in [-0.1, -0.05) is 49.9 Å². The normalized spacial score (nSPS) is 18.5. The molecule has 0 bridgehead atoms. The fourth-order valence-corrected chi connectivity index (χ4v) is 2.98. The maximum Gasteiger partial charge on any atom is 0.209 e. The van der Waals surface area contributed by atoms with Gasteiger partial charge in [-0.05, 0) is 17.0 Å². The molecule has 2 heterocycles. The van der Waals surface area contributed by atoms with Gasteiger partial charge in [0.2, 0.25) is 5.16 Å². The molecule has 2 aromatic rings. The number of benzene rings is 1. The zero-order chi connectivity index (χ0) is 12.5. The monoisotopic (exact) mass is 260 g/mol. The molecule has 94 valence electrons. The number of fused-ring (bicyclic) bond motifs is 1. The van der Waals surface area contributed by atoms with Crippen LogP contribution in [-0.2, 0) is 0 Å². The molecule has 0 spiro atoms. The number of thioether (sulfide) groups is 1. The topological polar surface area (TPSA) is 42.7 Å². The predicted molar refractivity (Wildman–Crippen MR) is 73.4 cm³/mol. The van der Waals surface area contributed by atoms with E-state index in [9.17, 15) is 0 Å². The van der Waals surface area contributed by atoms with Crippen LogP contribution < -0.4 is 5.43 Å². The second-order valence-corrected chi connectivity index (χ2v) is 5.78. The predicted octanol–water partition coefficient (Wildman–Crippen LogP) is 2.79. The lowest BCUT2D eigenvalue weighted by Crippen LogP contribution is -2.27. The van der Waals surface area contributed by atoms with Crippen molar-refractivity contribution in [2.24, 2.45) is 0 Å². The molecule has 0 fully saturated rings. The van der Waals surface area contributed by atoms with Gasteiger partial charge in [-0.3, -0.25) is 0 Å². The molecule has 1 aliphatic rings. The standard InChI is InChI=1S/C13H16N4S/c1-9(2)10-3-5-11(6-4-10)12-7-18-13-15-14-8-17(13)16-12/h3-6,8-9,12,16H,7H2,1-2H3. The zero-order valence-corrected chi connectivity index (χ0v) is 11.3. The first kappa shape index (κ1) is 11.6. The Morgan fingerprint density at radius 3 is 2.83 bits per heavy atom. The molecule has 0 saturated heterocycles. The molecular formula is C13H16N4S. The summed E-state index contributed by atoms with van der Waals surface area (Å²) in [7, 11) is 0. The minimum absolute atomic E-state index is 0.319. The Bertz CT molecular complexity index is 532. The molecule has 1 N–H and O–H groups in total. The van der Waals surface area contributed by atoms with Crippen molar-refractivity contribution in [2.45, 2.75) is 31.0 Å². The van der Waals surface area contributed by atoms with Crippen LogP contribution in [0.3, 0.4) is 0 Å². The third kappa shape index (κ3) is 2.10. The minimum atomic E-state index is 0.319. The third-order valence-corrected chi connectivity index (χ3v) is 4.23. The molecule has 0 radical (unpaired) electrons. The Morgan fingerprint density at radius 1 is 1.33 bits per heavy atom. The van der Waals surface area contributed by atoms with Crippen molar-refractivity contribution in [1.29, 1.82) is 0 Å². The highest BCUT2D eigenvalue weighted by molar-refractivity contribution is 7.99. The van der Waals surface area contributed by atoms with Crippen LogP contribution in [0, 0.1) is 0 Å². The Kier molecular flexibility index (Phi) is 2.99. The summed E-state index contributed by atoms with van der Waals surface area (Å²) in [6.07, 6.45) is 1.72. The van der Waals surface area contributed by atoms with Gasteiger partial charge in [0.05, 0.1) is 6.04 Å². The van der Waals surface area contributed by atoms with Crippen LogP contribution in [0.15, 0.2) is 35.7 Å². The summed E-state index contributed by atoms with van der Waals surface area (Å²) in [5.41, 5.74) is 6.11. The first-order valence-corrected chi connectivity index (χ1v) is 7.12. The average molecular weight is 260 g/mol. The Morgan fingerprint density at radius 2 is 2.11 bits per heavy atom. The molecule has 3 rings (SSSR count). The van der Waals surface area contributed by atoms with E-state index in [1.165, 1.54) is 11.1 Å². The van der Waals surface area contributed by atoms with Gasteiger partial charge in [0.15, 0.2) is 0 Å². The van der Waals surface area contributed by atoms with Crippen molar-refractivity contribution < 1.29 is 0 Å². The van der Waals surface area contributed by atoms with E-state index in [1.807, 2.05) is 4.68 Å². The van der Waals surface area contributed by atoms with Gasteiger partial charge < -0.3 is 5.43 Å². The third-order valence-electron chi connectivity index (χ3n) is 3.20. The lowest BCUT2D eigenvalue weighted by Gasteiger charge is -2.25. The van der Waals surface area contributed by atoms with E-state index in [0.717, 1.165) is 10.9 Å². The van der Waals surface area contributed by atoms with Gasteiger partial charge in [0.25, 0.3) is 0 Å². The summed E-state index contributed by atoms with van der Waals surface area (Å²) in [5, 5.41) is 8.87. The van der Waals surface area contributed by atoms with Gasteiger partial charge >= 0.3 is 0 Å². The minimum Gasteiger partial charge on any atom is -0.314 e. The summed E-state index contributed by atoms with van der Waals surface area (Å²) in [6.45, 7) is 4.43. The van der Waals surface area contributed by atoms with Crippen molar-refractivity contribution in [3.05, 3.63) is 41.7 Å². The van der Waals surface area contributed by atoms with E-state index in [1.54, 1.807) is 18.1 Å². The van der Waals surface area contributed by atoms with Gasteiger partial charge in [-0.2, -0.15) is 0 Å². The van der Waals surface area contributed by atoms with E-state index in [4.69, 9.17) is 0 Å². The van der Waals surface area contributed by atoms with Crippen LogP contribution in [0.1, 0.15) is 36.9 Å². The molecule has 1 aromatic heterocycles. The van der Waals surface area contributed by atoms with Gasteiger partial charge in [0, 0.05) is 5.75 Å². The summed E-state index contributed by atoms with van der Waals surface area (Å²) in [6, 6.07) is 9.17. The van der Waals surface area contributed by atoms with Crippen LogP contribution >= 0.6 is 11.8 Å². The first-order chi connectivity index (χ1) is 8.74. The molecule has 0 amide bonds. The molecule has 5 heteroatoms. The largest absolute Gasteiger partial charge is 0.314 e. The van der Waals surface area contributed by atoms with Crippen LogP contribution in [-0.4, -0.2) is 20.6 Å². The average Bonchev–Trinajstić information content (AvgIpc) is 2.86. The molecule has 4 nitrogen and oxygen atoms in total. The summed E-state index contributed by atoms with van der Waals surface area (Å²) in [5.74, 6) is 1.57. The highest BCUT2D eigenvalue weighted by atomic mass is 32.2. The van der Waals surface area contributed by atoms with E-state index in [2.05, 4.69) is 53.7 Å².